The second-order valence-electron chi connectivity index (χ2n) is 4.45. The minimum absolute atomic E-state index is 0.0239. The predicted octanol–water partition coefficient (Wildman–Crippen LogP) is 3.39. The Morgan fingerprint density at radius 2 is 1.67 bits per heavy atom. The van der Waals surface area contributed by atoms with E-state index in [0.29, 0.717) is 0 Å². The fourth-order valence-corrected chi connectivity index (χ4v) is 1.78. The Bertz CT molecular complexity index is 166. The molecule has 0 N–H and O–H groups in total. The van der Waals surface area contributed by atoms with Crippen LogP contribution in [0.15, 0.2) is 0 Å². The minimum atomic E-state index is 0.0239. The number of rotatable bonds is 10. The van der Waals surface area contributed by atoms with E-state index in [9.17, 15) is 9.59 Å². The summed E-state index contributed by atoms with van der Waals surface area (Å²) in [6.07, 6.45) is 9.77. The van der Waals surface area contributed by atoms with E-state index in [-0.39, 0.29) is 11.8 Å². The van der Waals surface area contributed by atoms with Gasteiger partial charge in [-0.05, 0) is 12.8 Å². The molecule has 0 aliphatic carbocycles. The number of unbranched alkanes of at least 4 members (excludes halogenated alkanes) is 4. The van der Waals surface area contributed by atoms with E-state index in [1.807, 2.05) is 6.92 Å². The molecule has 2 unspecified atom stereocenters. The molecule has 0 bridgehead atoms. The van der Waals surface area contributed by atoms with Crippen molar-refractivity contribution in [3.8, 4) is 0 Å². The van der Waals surface area contributed by atoms with Gasteiger partial charge in [-0.3, -0.25) is 0 Å². The number of hydrogen-bond acceptors (Lipinski definition) is 2. The maximum Gasteiger partial charge on any atom is 0.123 e. The minimum Gasteiger partial charge on any atom is -0.303 e. The van der Waals surface area contributed by atoms with Gasteiger partial charge in [0.1, 0.15) is 12.6 Å². The smallest absolute Gasteiger partial charge is 0.123 e. The van der Waals surface area contributed by atoms with E-state index < -0.39 is 0 Å². The number of carbonyl (C=O) groups excluding carboxylic acids is 2. The zero-order valence-electron chi connectivity index (χ0n) is 10.1. The Kier molecular flexibility index (Phi) is 9.44. The van der Waals surface area contributed by atoms with Crippen molar-refractivity contribution in [3.05, 3.63) is 0 Å². The molecule has 15 heavy (non-hydrogen) atoms. The van der Waals surface area contributed by atoms with Gasteiger partial charge in [0, 0.05) is 11.8 Å². The lowest BCUT2D eigenvalue weighted by molar-refractivity contribution is -0.113. The maximum atomic E-state index is 10.8. The van der Waals surface area contributed by atoms with Gasteiger partial charge in [0.25, 0.3) is 0 Å². The van der Waals surface area contributed by atoms with Crippen LogP contribution in [0.3, 0.4) is 0 Å². The summed E-state index contributed by atoms with van der Waals surface area (Å²) in [6, 6.07) is 0. The van der Waals surface area contributed by atoms with E-state index in [0.717, 1.165) is 31.8 Å². The zero-order valence-corrected chi connectivity index (χ0v) is 10.1. The van der Waals surface area contributed by atoms with E-state index in [1.54, 1.807) is 0 Å². The topological polar surface area (TPSA) is 34.1 Å². The fourth-order valence-electron chi connectivity index (χ4n) is 1.78. The molecule has 0 amide bonds. The first-order valence-corrected chi connectivity index (χ1v) is 6.15. The van der Waals surface area contributed by atoms with Crippen molar-refractivity contribution in [2.24, 2.45) is 11.8 Å². The van der Waals surface area contributed by atoms with E-state index in [2.05, 4.69) is 6.92 Å². The van der Waals surface area contributed by atoms with Crippen LogP contribution in [-0.2, 0) is 9.59 Å². The Labute approximate surface area is 93.4 Å². The molecule has 0 aromatic heterocycles. The maximum absolute atomic E-state index is 10.8. The van der Waals surface area contributed by atoms with Gasteiger partial charge in [-0.2, -0.15) is 0 Å². The largest absolute Gasteiger partial charge is 0.303 e. The predicted molar refractivity (Wildman–Crippen MR) is 62.8 cm³/mol. The summed E-state index contributed by atoms with van der Waals surface area (Å²) < 4.78 is 0. The highest BCUT2D eigenvalue weighted by Crippen LogP contribution is 2.16. The average molecular weight is 212 g/mol. The van der Waals surface area contributed by atoms with Gasteiger partial charge in [0.05, 0.1) is 0 Å². The van der Waals surface area contributed by atoms with Crippen molar-refractivity contribution in [3.63, 3.8) is 0 Å². The standard InChI is InChI=1S/C13H24O2/c1-3-4-5-6-7-8-13(11-15)9-12(2)10-14/h10-13H,3-9H2,1-2H3. The van der Waals surface area contributed by atoms with Crippen molar-refractivity contribution in [1.29, 1.82) is 0 Å². The molecular weight excluding hydrogens is 188 g/mol. The van der Waals surface area contributed by atoms with Crippen LogP contribution in [0.4, 0.5) is 0 Å². The van der Waals surface area contributed by atoms with Crippen LogP contribution >= 0.6 is 0 Å². The summed E-state index contributed by atoms with van der Waals surface area (Å²) in [7, 11) is 0. The van der Waals surface area contributed by atoms with Gasteiger partial charge in [0.15, 0.2) is 0 Å². The van der Waals surface area contributed by atoms with Crippen LogP contribution in [0, 0.1) is 11.8 Å². The second kappa shape index (κ2) is 9.88. The SMILES string of the molecule is CCCCCCCC(C=O)CC(C)C=O. The van der Waals surface area contributed by atoms with Crippen molar-refractivity contribution >= 4 is 12.6 Å². The first-order valence-electron chi connectivity index (χ1n) is 6.15. The van der Waals surface area contributed by atoms with Gasteiger partial charge in [0.2, 0.25) is 0 Å². The normalized spacial score (nSPS) is 14.5. The summed E-state index contributed by atoms with van der Waals surface area (Å²) in [4.78, 5) is 21.2. The second-order valence-corrected chi connectivity index (χ2v) is 4.45. The van der Waals surface area contributed by atoms with Gasteiger partial charge in [-0.1, -0.05) is 46.0 Å². The molecule has 2 atom stereocenters. The quantitative estimate of drug-likeness (QED) is 0.411. The van der Waals surface area contributed by atoms with Gasteiger partial charge in [-0.15, -0.1) is 0 Å². The number of aldehydes is 2. The molecule has 0 saturated carbocycles. The van der Waals surface area contributed by atoms with Crippen molar-refractivity contribution in [1.82, 2.24) is 0 Å². The third-order valence-corrected chi connectivity index (χ3v) is 2.78. The molecule has 0 aromatic carbocycles. The van der Waals surface area contributed by atoms with Gasteiger partial charge >= 0.3 is 0 Å². The van der Waals surface area contributed by atoms with Gasteiger partial charge < -0.3 is 9.59 Å². The van der Waals surface area contributed by atoms with Crippen LogP contribution < -0.4 is 0 Å². The van der Waals surface area contributed by atoms with Crippen molar-refractivity contribution in [2.45, 2.75) is 58.8 Å². The highest BCUT2D eigenvalue weighted by Gasteiger charge is 2.11. The van der Waals surface area contributed by atoms with Crippen LogP contribution in [-0.4, -0.2) is 12.6 Å². The highest BCUT2D eigenvalue weighted by molar-refractivity contribution is 5.57. The Hall–Kier alpha value is -0.660. The summed E-state index contributed by atoms with van der Waals surface area (Å²) >= 11 is 0. The molecule has 0 aliphatic heterocycles. The van der Waals surface area contributed by atoms with Crippen LogP contribution in [0.25, 0.3) is 0 Å². The summed E-state index contributed by atoms with van der Waals surface area (Å²) in [5.74, 6) is 0.114. The Morgan fingerprint density at radius 1 is 1.00 bits per heavy atom. The van der Waals surface area contributed by atoms with Crippen LogP contribution in [0.2, 0.25) is 0 Å². The molecule has 0 rings (SSSR count). The molecule has 0 heterocycles. The molecule has 0 spiro atoms. The fraction of sp³-hybridized carbons (Fsp3) is 0.846. The van der Waals surface area contributed by atoms with Crippen molar-refractivity contribution in [2.75, 3.05) is 0 Å². The summed E-state index contributed by atoms with van der Waals surface area (Å²) in [5, 5.41) is 0. The third-order valence-electron chi connectivity index (χ3n) is 2.78. The lowest BCUT2D eigenvalue weighted by Crippen LogP contribution is -2.08. The lowest BCUT2D eigenvalue weighted by Gasteiger charge is -2.11. The molecule has 0 saturated heterocycles. The monoisotopic (exact) mass is 212 g/mol. The molecule has 2 heteroatoms. The molecule has 0 aliphatic rings. The molecule has 0 radical (unpaired) electrons. The number of carbonyl (C=O) groups is 2. The summed E-state index contributed by atoms with van der Waals surface area (Å²) in [6.45, 7) is 4.07. The molecule has 0 aromatic rings. The summed E-state index contributed by atoms with van der Waals surface area (Å²) in [5.41, 5.74) is 0. The molecule has 0 fully saturated rings. The van der Waals surface area contributed by atoms with E-state index in [4.69, 9.17) is 0 Å². The first-order chi connectivity index (χ1) is 7.24. The Balaban J connectivity index is 3.52. The third kappa shape index (κ3) is 8.34. The lowest BCUT2D eigenvalue weighted by atomic mass is 9.93. The number of hydrogen-bond donors (Lipinski definition) is 0. The van der Waals surface area contributed by atoms with Crippen LogP contribution in [0.5, 0.6) is 0 Å². The zero-order chi connectivity index (χ0) is 11.5. The highest BCUT2D eigenvalue weighted by atomic mass is 16.1. The first kappa shape index (κ1) is 14.3. The van der Waals surface area contributed by atoms with Gasteiger partial charge in [-0.25, -0.2) is 0 Å². The molecule has 88 valence electrons. The average Bonchev–Trinajstić information content (AvgIpc) is 2.26. The molecular formula is C13H24O2. The molecule has 2 nitrogen and oxygen atoms in total. The van der Waals surface area contributed by atoms with E-state index in [1.165, 1.54) is 25.7 Å². The van der Waals surface area contributed by atoms with E-state index >= 15 is 0 Å². The Morgan fingerprint density at radius 3 is 2.20 bits per heavy atom. The van der Waals surface area contributed by atoms with Crippen LogP contribution in [0.1, 0.15) is 58.8 Å². The van der Waals surface area contributed by atoms with Crippen molar-refractivity contribution < 1.29 is 9.59 Å².